The Morgan fingerprint density at radius 1 is 1.20 bits per heavy atom. The van der Waals surface area contributed by atoms with E-state index >= 15 is 0 Å². The first-order chi connectivity index (χ1) is 12.1. The van der Waals surface area contributed by atoms with Crippen molar-refractivity contribution in [2.24, 2.45) is 5.92 Å². The van der Waals surface area contributed by atoms with Crippen molar-refractivity contribution in [2.45, 2.75) is 45.6 Å². The highest BCUT2D eigenvalue weighted by Crippen LogP contribution is 2.25. The SMILES string of the molecule is CC(C)[C@H](NC(=O)c1n[nH]c2c1CCCC2)c1nc2ccccc2[nH]1. The molecule has 2 heterocycles. The number of H-pyrrole nitrogens is 2. The summed E-state index contributed by atoms with van der Waals surface area (Å²) in [6, 6.07) is 7.72. The van der Waals surface area contributed by atoms with E-state index in [1.54, 1.807) is 0 Å². The van der Waals surface area contributed by atoms with Crippen LogP contribution in [0.15, 0.2) is 24.3 Å². The third-order valence-electron chi connectivity index (χ3n) is 4.93. The van der Waals surface area contributed by atoms with E-state index in [0.29, 0.717) is 5.69 Å². The van der Waals surface area contributed by atoms with E-state index in [0.717, 1.165) is 53.8 Å². The Labute approximate surface area is 146 Å². The Balaban J connectivity index is 1.61. The number of aromatic amines is 2. The average Bonchev–Trinajstić information content (AvgIpc) is 3.23. The number of aryl methyl sites for hydroxylation is 1. The predicted octanol–water partition coefficient (Wildman–Crippen LogP) is 3.29. The molecule has 1 amide bonds. The van der Waals surface area contributed by atoms with Crippen LogP contribution in [0.25, 0.3) is 11.0 Å². The van der Waals surface area contributed by atoms with Crippen LogP contribution in [0.5, 0.6) is 0 Å². The van der Waals surface area contributed by atoms with Gasteiger partial charge >= 0.3 is 0 Å². The van der Waals surface area contributed by atoms with Gasteiger partial charge in [0.2, 0.25) is 0 Å². The number of benzene rings is 1. The summed E-state index contributed by atoms with van der Waals surface area (Å²) in [5.41, 5.74) is 4.62. The van der Waals surface area contributed by atoms with E-state index in [2.05, 4.69) is 39.3 Å². The fourth-order valence-electron chi connectivity index (χ4n) is 3.55. The van der Waals surface area contributed by atoms with Gasteiger partial charge in [0, 0.05) is 11.3 Å². The molecule has 4 rings (SSSR count). The van der Waals surface area contributed by atoms with E-state index in [1.807, 2.05) is 24.3 Å². The van der Waals surface area contributed by atoms with Crippen LogP contribution in [-0.2, 0) is 12.8 Å². The minimum atomic E-state index is -0.184. The van der Waals surface area contributed by atoms with Crippen LogP contribution in [-0.4, -0.2) is 26.1 Å². The molecule has 1 atom stereocenters. The minimum Gasteiger partial charge on any atom is -0.340 e. The molecule has 0 spiro atoms. The molecular formula is C19H23N5O. The number of imidazole rings is 1. The first kappa shape index (κ1) is 15.9. The van der Waals surface area contributed by atoms with Crippen molar-refractivity contribution in [1.82, 2.24) is 25.5 Å². The molecular weight excluding hydrogens is 314 g/mol. The van der Waals surface area contributed by atoms with Crippen molar-refractivity contribution in [1.29, 1.82) is 0 Å². The van der Waals surface area contributed by atoms with E-state index < -0.39 is 0 Å². The second-order valence-corrected chi connectivity index (χ2v) is 7.07. The summed E-state index contributed by atoms with van der Waals surface area (Å²) < 4.78 is 0. The van der Waals surface area contributed by atoms with Crippen molar-refractivity contribution in [2.75, 3.05) is 0 Å². The Bertz CT molecular complexity index is 875. The molecule has 0 bridgehead atoms. The number of rotatable bonds is 4. The fourth-order valence-corrected chi connectivity index (χ4v) is 3.55. The van der Waals surface area contributed by atoms with Gasteiger partial charge in [-0.1, -0.05) is 26.0 Å². The van der Waals surface area contributed by atoms with Crippen molar-refractivity contribution < 1.29 is 4.79 Å². The van der Waals surface area contributed by atoms with Crippen molar-refractivity contribution in [3.63, 3.8) is 0 Å². The maximum absolute atomic E-state index is 12.8. The number of amides is 1. The number of para-hydroxylation sites is 2. The molecule has 0 unspecified atom stereocenters. The third kappa shape index (κ3) is 2.92. The lowest BCUT2D eigenvalue weighted by atomic mass is 9.95. The molecule has 1 aliphatic carbocycles. The predicted molar refractivity (Wildman–Crippen MR) is 96.4 cm³/mol. The molecule has 6 nitrogen and oxygen atoms in total. The number of nitrogens with zero attached hydrogens (tertiary/aromatic N) is 2. The van der Waals surface area contributed by atoms with Crippen LogP contribution in [0.1, 0.15) is 60.3 Å². The van der Waals surface area contributed by atoms with Crippen LogP contribution < -0.4 is 5.32 Å². The van der Waals surface area contributed by atoms with Crippen LogP contribution in [0.4, 0.5) is 0 Å². The average molecular weight is 337 g/mol. The number of carbonyl (C=O) groups is 1. The number of carbonyl (C=O) groups excluding carboxylic acids is 1. The quantitative estimate of drug-likeness (QED) is 0.683. The number of fused-ring (bicyclic) bond motifs is 2. The Kier molecular flexibility index (Phi) is 4.03. The monoisotopic (exact) mass is 337 g/mol. The molecule has 130 valence electrons. The summed E-state index contributed by atoms with van der Waals surface area (Å²) >= 11 is 0. The van der Waals surface area contributed by atoms with Crippen LogP contribution in [0.2, 0.25) is 0 Å². The largest absolute Gasteiger partial charge is 0.340 e. The molecule has 0 saturated carbocycles. The third-order valence-corrected chi connectivity index (χ3v) is 4.93. The van der Waals surface area contributed by atoms with Gasteiger partial charge in [-0.15, -0.1) is 0 Å². The van der Waals surface area contributed by atoms with Crippen LogP contribution in [0, 0.1) is 5.92 Å². The van der Waals surface area contributed by atoms with Gasteiger partial charge in [0.25, 0.3) is 5.91 Å². The number of nitrogens with one attached hydrogen (secondary N) is 3. The van der Waals surface area contributed by atoms with Gasteiger partial charge in [-0.05, 0) is 43.7 Å². The van der Waals surface area contributed by atoms with Crippen molar-refractivity contribution in [3.05, 3.63) is 47.0 Å². The molecule has 3 aromatic rings. The molecule has 25 heavy (non-hydrogen) atoms. The molecule has 1 aromatic carbocycles. The Morgan fingerprint density at radius 3 is 2.80 bits per heavy atom. The molecule has 0 aliphatic heterocycles. The van der Waals surface area contributed by atoms with Gasteiger partial charge in [-0.2, -0.15) is 5.10 Å². The lowest BCUT2D eigenvalue weighted by molar-refractivity contribution is 0.0917. The fraction of sp³-hybridized carbons (Fsp3) is 0.421. The number of aromatic nitrogens is 4. The first-order valence-corrected chi connectivity index (χ1v) is 8.95. The van der Waals surface area contributed by atoms with E-state index in [9.17, 15) is 4.79 Å². The Morgan fingerprint density at radius 2 is 2.00 bits per heavy atom. The molecule has 2 aromatic heterocycles. The molecule has 0 fully saturated rings. The topological polar surface area (TPSA) is 86.5 Å². The maximum Gasteiger partial charge on any atom is 0.272 e. The standard InChI is InChI=1S/C19H23N5O/c1-11(2)16(18-20-14-9-5-6-10-15(14)21-18)22-19(25)17-12-7-3-4-8-13(12)23-24-17/h5-6,9-11,16H,3-4,7-8H2,1-2H3,(H,20,21)(H,22,25)(H,23,24)/t16-/m0/s1. The van der Waals surface area contributed by atoms with E-state index in [-0.39, 0.29) is 17.9 Å². The Hall–Kier alpha value is -2.63. The van der Waals surface area contributed by atoms with Gasteiger partial charge in [0.05, 0.1) is 17.1 Å². The molecule has 0 saturated heterocycles. The maximum atomic E-state index is 12.8. The van der Waals surface area contributed by atoms with Crippen LogP contribution >= 0.6 is 0 Å². The van der Waals surface area contributed by atoms with Crippen molar-refractivity contribution in [3.8, 4) is 0 Å². The van der Waals surface area contributed by atoms with Gasteiger partial charge in [0.15, 0.2) is 5.69 Å². The van der Waals surface area contributed by atoms with Gasteiger partial charge in [0.1, 0.15) is 5.82 Å². The smallest absolute Gasteiger partial charge is 0.272 e. The molecule has 3 N–H and O–H groups in total. The van der Waals surface area contributed by atoms with Gasteiger partial charge in [-0.25, -0.2) is 4.98 Å². The lowest BCUT2D eigenvalue weighted by Crippen LogP contribution is -2.33. The normalized spacial score (nSPS) is 15.3. The second kappa shape index (κ2) is 6.35. The van der Waals surface area contributed by atoms with Gasteiger partial charge < -0.3 is 10.3 Å². The summed E-state index contributed by atoms with van der Waals surface area (Å²) in [5, 5.41) is 10.4. The number of hydrogen-bond donors (Lipinski definition) is 3. The minimum absolute atomic E-state index is 0.126. The summed E-state index contributed by atoms with van der Waals surface area (Å²) in [7, 11) is 0. The first-order valence-electron chi connectivity index (χ1n) is 8.95. The summed E-state index contributed by atoms with van der Waals surface area (Å²) in [6.07, 6.45) is 4.17. The van der Waals surface area contributed by atoms with Crippen LogP contribution in [0.3, 0.4) is 0 Å². The number of hydrogen-bond acceptors (Lipinski definition) is 3. The molecule has 0 radical (unpaired) electrons. The highest BCUT2D eigenvalue weighted by Gasteiger charge is 2.26. The summed E-state index contributed by atoms with van der Waals surface area (Å²) in [4.78, 5) is 20.8. The molecule has 6 heteroatoms. The summed E-state index contributed by atoms with van der Waals surface area (Å²) in [6.45, 7) is 4.16. The van der Waals surface area contributed by atoms with Crippen molar-refractivity contribution >= 4 is 16.9 Å². The molecule has 1 aliphatic rings. The van der Waals surface area contributed by atoms with Gasteiger partial charge in [-0.3, -0.25) is 9.89 Å². The highest BCUT2D eigenvalue weighted by molar-refractivity contribution is 5.94. The zero-order chi connectivity index (χ0) is 17.4. The van der Waals surface area contributed by atoms with E-state index in [1.165, 1.54) is 0 Å². The zero-order valence-corrected chi connectivity index (χ0v) is 14.6. The highest BCUT2D eigenvalue weighted by atomic mass is 16.2. The van der Waals surface area contributed by atoms with E-state index in [4.69, 9.17) is 0 Å². The zero-order valence-electron chi connectivity index (χ0n) is 14.6. The lowest BCUT2D eigenvalue weighted by Gasteiger charge is -2.20. The summed E-state index contributed by atoms with van der Waals surface area (Å²) in [5.74, 6) is 0.867. The second-order valence-electron chi connectivity index (χ2n) is 7.07.